The van der Waals surface area contributed by atoms with Crippen molar-refractivity contribution in [2.45, 2.75) is 133 Å². The molecule has 302 valence electrons. The predicted molar refractivity (Wildman–Crippen MR) is 236 cm³/mol. The van der Waals surface area contributed by atoms with Crippen LogP contribution in [0.25, 0.3) is 0 Å². The number of methoxy groups -OCH3 is 3. The van der Waals surface area contributed by atoms with Crippen LogP contribution in [-0.2, 0) is 0 Å². The van der Waals surface area contributed by atoms with Crippen molar-refractivity contribution in [1.29, 1.82) is 0 Å². The van der Waals surface area contributed by atoms with Gasteiger partial charge in [0.1, 0.15) is 11.5 Å². The summed E-state index contributed by atoms with van der Waals surface area (Å²) in [5.41, 5.74) is 5.86. The molecular weight excluding hydrogens is 704 g/mol. The van der Waals surface area contributed by atoms with Crippen LogP contribution in [0.2, 0.25) is 0 Å². The van der Waals surface area contributed by atoms with Crippen molar-refractivity contribution in [2.24, 2.45) is 0 Å². The van der Waals surface area contributed by atoms with E-state index in [1.54, 1.807) is 19.5 Å². The van der Waals surface area contributed by atoms with Gasteiger partial charge in [0, 0.05) is 67.8 Å². The summed E-state index contributed by atoms with van der Waals surface area (Å²) < 4.78 is 16.4. The van der Waals surface area contributed by atoms with Crippen LogP contribution in [0, 0.1) is 6.07 Å². The first-order chi connectivity index (χ1) is 27.2. The van der Waals surface area contributed by atoms with E-state index in [-0.39, 0.29) is 26.8 Å². The zero-order chi connectivity index (χ0) is 38.1. The van der Waals surface area contributed by atoms with Crippen LogP contribution in [0.3, 0.4) is 0 Å². The molecule has 0 N–H and O–H groups in total. The minimum Gasteiger partial charge on any atom is -0.523 e. The van der Waals surface area contributed by atoms with Crippen LogP contribution < -0.4 is 53.1 Å². The number of nitrogens with zero attached hydrogens (tertiary/aromatic N) is 3. The molecule has 0 aromatic heterocycles. The van der Waals surface area contributed by atoms with Gasteiger partial charge in [0.25, 0.3) is 0 Å². The first-order valence-electron chi connectivity index (χ1n) is 22.1. The van der Waals surface area contributed by atoms with Crippen molar-refractivity contribution < 1.29 is 33.1 Å². The van der Waals surface area contributed by atoms with Gasteiger partial charge in [-0.3, -0.25) is 0 Å². The fraction of sp³-hybridized carbons (Fsp3) is 0.625. The summed E-state index contributed by atoms with van der Waals surface area (Å²) in [4.78, 5) is 7.51. The Balaban J connectivity index is 0.000000175. The van der Waals surface area contributed by atoms with E-state index < -0.39 is 0 Å². The molecule has 0 unspecified atom stereocenters. The number of piperidine rings is 3. The molecule has 0 spiro atoms. The molecule has 5 fully saturated rings. The Morgan fingerprint density at radius 1 is 0.518 bits per heavy atom. The molecule has 8 rings (SSSR count). The van der Waals surface area contributed by atoms with Gasteiger partial charge in [0.15, 0.2) is 0 Å². The van der Waals surface area contributed by atoms with E-state index >= 15 is 0 Å². The molecule has 5 aliphatic rings. The smallest absolute Gasteiger partial charge is 0.523 e. The summed E-state index contributed by atoms with van der Waals surface area (Å²) in [5.74, 6) is 2.97. The van der Waals surface area contributed by atoms with E-state index in [0.717, 1.165) is 35.9 Å². The molecule has 3 heterocycles. The first kappa shape index (κ1) is 44.6. The van der Waals surface area contributed by atoms with Gasteiger partial charge in [-0.05, 0) is 119 Å². The molecule has 0 bridgehead atoms. The molecule has 2 saturated carbocycles. The SMILES string of the molecule is COc1[c-]c(N2CCCCC2)ccc1.COc1cccc(N2CCCCC2)c1.COc1cccc(N2CCCCC2)c1P(C1CCCCC1)C1CCCCC1.[Li+]. The Labute approximate surface area is 354 Å². The predicted octanol–water partition coefficient (Wildman–Crippen LogP) is 8.63. The maximum atomic E-state index is 6.03. The van der Waals surface area contributed by atoms with Crippen molar-refractivity contribution >= 4 is 30.3 Å². The van der Waals surface area contributed by atoms with Crippen LogP contribution in [0.15, 0.2) is 60.7 Å². The first-order valence-corrected chi connectivity index (χ1v) is 23.6. The fourth-order valence-electron chi connectivity index (χ4n) is 9.54. The van der Waals surface area contributed by atoms with Crippen molar-refractivity contribution in [3.63, 3.8) is 0 Å². The van der Waals surface area contributed by atoms with E-state index in [2.05, 4.69) is 63.2 Å². The van der Waals surface area contributed by atoms with Crippen molar-refractivity contribution in [2.75, 3.05) is 75.3 Å². The van der Waals surface area contributed by atoms with Crippen LogP contribution in [0.1, 0.15) is 122 Å². The Kier molecular flexibility index (Phi) is 19.4. The third-order valence-electron chi connectivity index (χ3n) is 12.5. The van der Waals surface area contributed by atoms with Gasteiger partial charge in [0.05, 0.1) is 21.3 Å². The molecule has 56 heavy (non-hydrogen) atoms. The monoisotopic (exact) mass is 776 g/mol. The van der Waals surface area contributed by atoms with Crippen molar-refractivity contribution in [1.82, 2.24) is 0 Å². The Bertz CT molecular complexity index is 1450. The normalized spacial score (nSPS) is 19.5. The zero-order valence-corrected chi connectivity index (χ0v) is 36.5. The Morgan fingerprint density at radius 3 is 1.59 bits per heavy atom. The molecule has 3 aromatic carbocycles. The topological polar surface area (TPSA) is 37.4 Å². The average molecular weight is 776 g/mol. The summed E-state index contributed by atoms with van der Waals surface area (Å²) in [6.07, 6.45) is 26.6. The van der Waals surface area contributed by atoms with Gasteiger partial charge >= 0.3 is 18.9 Å². The molecule has 0 radical (unpaired) electrons. The van der Waals surface area contributed by atoms with Crippen LogP contribution in [0.4, 0.5) is 17.1 Å². The molecule has 3 saturated heterocycles. The maximum absolute atomic E-state index is 6.03. The molecule has 2 aliphatic carbocycles. The third kappa shape index (κ3) is 12.7. The van der Waals surface area contributed by atoms with Crippen molar-refractivity contribution in [3.8, 4) is 17.2 Å². The van der Waals surface area contributed by atoms with Crippen LogP contribution >= 0.6 is 7.92 Å². The van der Waals surface area contributed by atoms with Gasteiger partial charge in [0.2, 0.25) is 0 Å². The summed E-state index contributed by atoms with van der Waals surface area (Å²) in [6, 6.07) is 24.6. The van der Waals surface area contributed by atoms with Gasteiger partial charge < -0.3 is 28.9 Å². The third-order valence-corrected chi connectivity index (χ3v) is 16.1. The van der Waals surface area contributed by atoms with E-state index in [4.69, 9.17) is 14.2 Å². The number of ether oxygens (including phenoxy) is 3. The molecular formula is C48H71LiN3O3P. The van der Waals surface area contributed by atoms with Crippen LogP contribution in [-0.4, -0.2) is 71.9 Å². The molecule has 6 nitrogen and oxygen atoms in total. The zero-order valence-electron chi connectivity index (χ0n) is 35.6. The molecule has 0 atom stereocenters. The summed E-state index contributed by atoms with van der Waals surface area (Å²) in [6.45, 7) is 7.16. The maximum Gasteiger partial charge on any atom is 1.00 e. The minimum atomic E-state index is -0.131. The van der Waals surface area contributed by atoms with Gasteiger partial charge in [-0.15, -0.1) is 18.2 Å². The summed E-state index contributed by atoms with van der Waals surface area (Å²) in [5, 5.41) is 1.65. The Morgan fingerprint density at radius 2 is 1.04 bits per heavy atom. The quantitative estimate of drug-likeness (QED) is 0.123. The number of benzene rings is 3. The Hall–Kier alpha value is -2.51. The number of anilines is 3. The number of hydrogen-bond acceptors (Lipinski definition) is 6. The molecule has 3 aliphatic heterocycles. The van der Waals surface area contributed by atoms with Gasteiger partial charge in [-0.2, -0.15) is 6.07 Å². The largest absolute Gasteiger partial charge is 1.00 e. The van der Waals surface area contributed by atoms with Gasteiger partial charge in [-0.25, -0.2) is 0 Å². The second-order valence-electron chi connectivity index (χ2n) is 16.3. The van der Waals surface area contributed by atoms with E-state index in [0.29, 0.717) is 0 Å². The molecule has 3 aromatic rings. The minimum absolute atomic E-state index is 0. The summed E-state index contributed by atoms with van der Waals surface area (Å²) in [7, 11) is 5.17. The van der Waals surface area contributed by atoms with Crippen molar-refractivity contribution in [3.05, 3.63) is 66.7 Å². The van der Waals surface area contributed by atoms with E-state index in [1.165, 1.54) is 171 Å². The summed E-state index contributed by atoms with van der Waals surface area (Å²) >= 11 is 0. The molecule has 0 amide bonds. The van der Waals surface area contributed by atoms with Gasteiger partial charge in [-0.1, -0.05) is 64.3 Å². The van der Waals surface area contributed by atoms with E-state index in [1.807, 2.05) is 25.3 Å². The standard InChI is InChI=1S/C24H38NOP.C12H17NO.C12H16NO.Li/c1-26-23-17-11-16-22(25-18-9-4-10-19-25)24(23)27(20-12-5-2-6-13-20)21-14-7-3-8-15-21;2*1-14-12-7-5-6-11(10-12)13-8-3-2-4-9-13;/h11,16-17,20-21H,2-10,12-15,18-19H2,1H3;5-7,10H,2-4,8-9H2,1H3;5-7H,2-4,8-9H2,1H3;/q;;-1;+1. The number of rotatable bonds is 9. The second-order valence-corrected chi connectivity index (χ2v) is 19.0. The second kappa shape index (κ2) is 24.4. The average Bonchev–Trinajstić information content (AvgIpc) is 3.28. The number of hydrogen-bond donors (Lipinski definition) is 0. The van der Waals surface area contributed by atoms with E-state index in [9.17, 15) is 0 Å². The molecule has 8 heteroatoms. The fourth-order valence-corrected chi connectivity index (χ4v) is 13.6. The van der Waals surface area contributed by atoms with Crippen LogP contribution in [0.5, 0.6) is 17.2 Å².